The van der Waals surface area contributed by atoms with Crippen LogP contribution in [0.1, 0.15) is 10.4 Å². The molecule has 0 saturated heterocycles. The second-order valence-electron chi connectivity index (χ2n) is 6.63. The Balaban J connectivity index is 0.00000240. The van der Waals surface area contributed by atoms with E-state index in [0.29, 0.717) is 17.2 Å². The van der Waals surface area contributed by atoms with Crippen LogP contribution in [0.5, 0.6) is 5.75 Å². The second kappa shape index (κ2) is 9.04. The zero-order valence-electron chi connectivity index (χ0n) is 16.3. The summed E-state index contributed by atoms with van der Waals surface area (Å²) in [5, 5.41) is 0.694. The van der Waals surface area contributed by atoms with Crippen LogP contribution in [0.2, 0.25) is 0 Å². The van der Waals surface area contributed by atoms with Crippen LogP contribution in [0.3, 0.4) is 0 Å². The first-order chi connectivity index (χ1) is 13.5. The molecule has 2 aromatic heterocycles. The maximum Gasteiger partial charge on any atom is 0.260 e. The Bertz CT molecular complexity index is 1140. The number of halogens is 1. The molecule has 0 radical (unpaired) electrons. The van der Waals surface area contributed by atoms with Gasteiger partial charge < -0.3 is 9.64 Å². The van der Waals surface area contributed by atoms with Crippen molar-refractivity contribution in [3.05, 3.63) is 47.5 Å². The van der Waals surface area contributed by atoms with Gasteiger partial charge in [0.05, 0.1) is 33.1 Å². The fourth-order valence-corrected chi connectivity index (χ4v) is 4.60. The molecule has 0 aliphatic heterocycles. The fraction of sp³-hybridized carbons (Fsp3) is 0.250. The van der Waals surface area contributed by atoms with Gasteiger partial charge in [-0.1, -0.05) is 11.3 Å². The molecular formula is C20H21ClN4O2S2. The standard InChI is InChI=1S/C20H20N4O2S2.ClH/c1-23(2)8-9-24(19(25)13-4-6-15-17(10-13)27-12-21-15)20-22-16-7-5-14(26-3)11-18(16)28-20;/h4-7,10-12H,8-9H2,1-3H3;1H. The Hall–Kier alpha value is -2.26. The molecule has 0 fully saturated rings. The number of carbonyl (C=O) groups is 1. The Morgan fingerprint density at radius 2 is 1.86 bits per heavy atom. The summed E-state index contributed by atoms with van der Waals surface area (Å²) in [4.78, 5) is 26.2. The smallest absolute Gasteiger partial charge is 0.260 e. The normalized spacial score (nSPS) is 11.0. The number of carbonyl (C=O) groups excluding carboxylic acids is 1. The third kappa shape index (κ3) is 4.51. The zero-order chi connectivity index (χ0) is 19.7. The number of amides is 1. The lowest BCUT2D eigenvalue weighted by molar-refractivity contribution is 0.0985. The number of hydrogen-bond donors (Lipinski definition) is 0. The SMILES string of the molecule is COc1ccc2nc(N(CCN(C)C)C(=O)c3ccc4ncsc4c3)sc2c1.Cl. The first kappa shape index (κ1) is 21.4. The molecule has 4 aromatic rings. The van der Waals surface area contributed by atoms with E-state index >= 15 is 0 Å². The van der Waals surface area contributed by atoms with Crippen LogP contribution in [0.25, 0.3) is 20.4 Å². The van der Waals surface area contributed by atoms with Crippen LogP contribution in [-0.4, -0.2) is 55.1 Å². The van der Waals surface area contributed by atoms with Crippen molar-refractivity contribution in [1.29, 1.82) is 0 Å². The van der Waals surface area contributed by atoms with Crippen molar-refractivity contribution in [3.8, 4) is 5.75 Å². The van der Waals surface area contributed by atoms with Gasteiger partial charge in [-0.25, -0.2) is 9.97 Å². The molecule has 0 aliphatic carbocycles. The van der Waals surface area contributed by atoms with E-state index in [-0.39, 0.29) is 18.3 Å². The number of benzene rings is 2. The van der Waals surface area contributed by atoms with Crippen molar-refractivity contribution in [1.82, 2.24) is 14.9 Å². The van der Waals surface area contributed by atoms with Gasteiger partial charge in [0.15, 0.2) is 5.13 Å². The number of methoxy groups -OCH3 is 1. The molecule has 29 heavy (non-hydrogen) atoms. The Kier molecular flexibility index (Phi) is 6.69. The van der Waals surface area contributed by atoms with E-state index < -0.39 is 0 Å². The highest BCUT2D eigenvalue weighted by atomic mass is 35.5. The van der Waals surface area contributed by atoms with Crippen molar-refractivity contribution >= 4 is 66.6 Å². The van der Waals surface area contributed by atoms with Crippen LogP contribution in [-0.2, 0) is 0 Å². The van der Waals surface area contributed by atoms with Crippen molar-refractivity contribution in [2.45, 2.75) is 0 Å². The molecule has 6 nitrogen and oxygen atoms in total. The molecule has 2 heterocycles. The van der Waals surface area contributed by atoms with Gasteiger partial charge in [-0.15, -0.1) is 23.7 Å². The summed E-state index contributed by atoms with van der Waals surface area (Å²) in [5.74, 6) is 0.729. The molecule has 0 N–H and O–H groups in total. The number of fused-ring (bicyclic) bond motifs is 2. The van der Waals surface area contributed by atoms with Crippen LogP contribution < -0.4 is 9.64 Å². The number of thiazole rings is 2. The van der Waals surface area contributed by atoms with E-state index in [9.17, 15) is 4.79 Å². The predicted molar refractivity (Wildman–Crippen MR) is 123 cm³/mol. The lowest BCUT2D eigenvalue weighted by Gasteiger charge is -2.22. The molecule has 152 valence electrons. The summed E-state index contributed by atoms with van der Waals surface area (Å²) in [6.45, 7) is 1.30. The topological polar surface area (TPSA) is 58.6 Å². The average molecular weight is 449 g/mol. The van der Waals surface area contributed by atoms with E-state index in [1.807, 2.05) is 50.5 Å². The molecule has 0 unspecified atom stereocenters. The highest BCUT2D eigenvalue weighted by Crippen LogP contribution is 2.32. The van der Waals surface area contributed by atoms with Gasteiger partial charge in [-0.3, -0.25) is 9.69 Å². The predicted octanol–water partition coefficient (Wildman–Crippen LogP) is 4.54. The third-order valence-electron chi connectivity index (χ3n) is 4.41. The van der Waals surface area contributed by atoms with Gasteiger partial charge in [0.25, 0.3) is 5.91 Å². The quantitative estimate of drug-likeness (QED) is 0.433. The van der Waals surface area contributed by atoms with Gasteiger partial charge >= 0.3 is 0 Å². The average Bonchev–Trinajstić information content (AvgIpc) is 3.32. The molecule has 0 atom stereocenters. The molecule has 0 bridgehead atoms. The highest BCUT2D eigenvalue weighted by molar-refractivity contribution is 7.22. The van der Waals surface area contributed by atoms with Gasteiger partial charge in [0.2, 0.25) is 0 Å². The van der Waals surface area contributed by atoms with Crippen LogP contribution in [0, 0.1) is 0 Å². The Morgan fingerprint density at radius 3 is 2.62 bits per heavy atom. The maximum absolute atomic E-state index is 13.4. The lowest BCUT2D eigenvalue weighted by Crippen LogP contribution is -2.36. The van der Waals surface area contributed by atoms with Crippen LogP contribution in [0.4, 0.5) is 5.13 Å². The molecule has 0 saturated carbocycles. The number of rotatable bonds is 6. The van der Waals surface area contributed by atoms with E-state index in [0.717, 1.165) is 32.7 Å². The van der Waals surface area contributed by atoms with Crippen molar-refractivity contribution < 1.29 is 9.53 Å². The first-order valence-corrected chi connectivity index (χ1v) is 10.5. The van der Waals surface area contributed by atoms with Crippen LogP contribution >= 0.6 is 35.1 Å². The van der Waals surface area contributed by atoms with Crippen molar-refractivity contribution in [2.75, 3.05) is 39.2 Å². The Labute approximate surface area is 183 Å². The summed E-state index contributed by atoms with van der Waals surface area (Å²) >= 11 is 3.04. The molecule has 0 aliphatic rings. The molecule has 0 spiro atoms. The summed E-state index contributed by atoms with van der Waals surface area (Å²) in [5.41, 5.74) is 4.21. The highest BCUT2D eigenvalue weighted by Gasteiger charge is 2.22. The third-order valence-corrected chi connectivity index (χ3v) is 6.24. The van der Waals surface area contributed by atoms with E-state index in [1.165, 1.54) is 22.7 Å². The monoisotopic (exact) mass is 448 g/mol. The fourth-order valence-electron chi connectivity index (χ4n) is 2.86. The lowest BCUT2D eigenvalue weighted by atomic mass is 10.2. The van der Waals surface area contributed by atoms with E-state index in [1.54, 1.807) is 17.5 Å². The van der Waals surface area contributed by atoms with Crippen LogP contribution in [0.15, 0.2) is 41.9 Å². The minimum absolute atomic E-state index is 0. The van der Waals surface area contributed by atoms with Crippen molar-refractivity contribution in [3.63, 3.8) is 0 Å². The summed E-state index contributed by atoms with van der Waals surface area (Å²) in [6, 6.07) is 11.4. The minimum atomic E-state index is -0.0526. The number of aromatic nitrogens is 2. The number of hydrogen-bond acceptors (Lipinski definition) is 7. The zero-order valence-corrected chi connectivity index (χ0v) is 18.7. The summed E-state index contributed by atoms with van der Waals surface area (Å²) < 4.78 is 7.31. The number of nitrogens with zero attached hydrogens (tertiary/aromatic N) is 4. The maximum atomic E-state index is 13.4. The largest absolute Gasteiger partial charge is 0.497 e. The number of likely N-dealkylation sites (N-methyl/N-ethyl adjacent to an activating group) is 1. The number of ether oxygens (including phenoxy) is 1. The second-order valence-corrected chi connectivity index (χ2v) is 8.52. The van der Waals surface area contributed by atoms with Crippen molar-refractivity contribution in [2.24, 2.45) is 0 Å². The molecule has 1 amide bonds. The van der Waals surface area contributed by atoms with Gasteiger partial charge in [-0.2, -0.15) is 0 Å². The number of anilines is 1. The first-order valence-electron chi connectivity index (χ1n) is 8.79. The van der Waals surface area contributed by atoms with Gasteiger partial charge in [0.1, 0.15) is 5.75 Å². The minimum Gasteiger partial charge on any atom is -0.497 e. The molecular weight excluding hydrogens is 428 g/mol. The summed E-state index contributed by atoms with van der Waals surface area (Å²) in [6.07, 6.45) is 0. The van der Waals surface area contributed by atoms with Gasteiger partial charge in [-0.05, 0) is 50.5 Å². The summed E-state index contributed by atoms with van der Waals surface area (Å²) in [7, 11) is 5.64. The van der Waals surface area contributed by atoms with Gasteiger partial charge in [0, 0.05) is 18.7 Å². The molecule has 4 rings (SSSR count). The van der Waals surface area contributed by atoms with E-state index in [2.05, 4.69) is 9.88 Å². The molecule has 2 aromatic carbocycles. The Morgan fingerprint density at radius 1 is 1.07 bits per heavy atom. The van der Waals surface area contributed by atoms with E-state index in [4.69, 9.17) is 9.72 Å². The molecule has 9 heteroatoms.